The molecule has 14 rings (SSSR count). The minimum atomic E-state index is -0.104. The molecule has 1 heteroatoms. The molecule has 7 aromatic rings. The lowest BCUT2D eigenvalue weighted by atomic mass is 9.56. The largest absolute Gasteiger partial charge is 0.310 e. The van der Waals surface area contributed by atoms with Gasteiger partial charge in [0.15, 0.2) is 0 Å². The van der Waals surface area contributed by atoms with Gasteiger partial charge in [-0.1, -0.05) is 160 Å². The molecule has 0 radical (unpaired) electrons. The predicted molar refractivity (Wildman–Crippen MR) is 250 cm³/mol. The van der Waals surface area contributed by atoms with Gasteiger partial charge in [0.05, 0.1) is 5.69 Å². The number of fused-ring (bicyclic) bond motifs is 7. The van der Waals surface area contributed by atoms with Gasteiger partial charge in [0.25, 0.3) is 0 Å². The maximum atomic E-state index is 2.66. The number of anilines is 3. The third kappa shape index (κ3) is 4.54. The molecule has 4 saturated carbocycles. The third-order valence-corrected chi connectivity index (χ3v) is 16.8. The highest BCUT2D eigenvalue weighted by molar-refractivity contribution is 6.06. The van der Waals surface area contributed by atoms with E-state index < -0.39 is 0 Å². The van der Waals surface area contributed by atoms with Crippen LogP contribution in [0.2, 0.25) is 0 Å². The summed E-state index contributed by atoms with van der Waals surface area (Å²) in [6, 6.07) is 60.1. The molecule has 0 N–H and O–H groups in total. The molecule has 6 atom stereocenters. The van der Waals surface area contributed by atoms with Crippen LogP contribution in [0.1, 0.15) is 80.7 Å². The van der Waals surface area contributed by atoms with Crippen molar-refractivity contribution in [1.29, 1.82) is 0 Å². The van der Waals surface area contributed by atoms with E-state index in [9.17, 15) is 0 Å². The monoisotopic (exact) mass is 773 g/mol. The van der Waals surface area contributed by atoms with Gasteiger partial charge >= 0.3 is 0 Å². The lowest BCUT2D eigenvalue weighted by Gasteiger charge is -2.47. The van der Waals surface area contributed by atoms with Crippen molar-refractivity contribution in [2.24, 2.45) is 23.7 Å². The van der Waals surface area contributed by atoms with Crippen LogP contribution in [0, 0.1) is 23.7 Å². The molecule has 1 nitrogen and oxygen atoms in total. The van der Waals surface area contributed by atoms with Gasteiger partial charge in [0.2, 0.25) is 0 Å². The summed E-state index contributed by atoms with van der Waals surface area (Å²) in [6.45, 7) is 7.43. The Labute approximate surface area is 355 Å². The molecule has 60 heavy (non-hydrogen) atoms. The first kappa shape index (κ1) is 34.9. The summed E-state index contributed by atoms with van der Waals surface area (Å²) in [5, 5.41) is 2.54. The molecule has 7 aliphatic carbocycles. The van der Waals surface area contributed by atoms with Gasteiger partial charge in [-0.05, 0) is 153 Å². The fourth-order valence-electron chi connectivity index (χ4n) is 14.5. The topological polar surface area (TPSA) is 3.24 Å². The zero-order valence-corrected chi connectivity index (χ0v) is 35.0. The zero-order chi connectivity index (χ0) is 40.0. The van der Waals surface area contributed by atoms with E-state index in [1.54, 1.807) is 16.7 Å². The van der Waals surface area contributed by atoms with E-state index in [4.69, 9.17) is 0 Å². The molecule has 7 aliphatic rings. The lowest BCUT2D eigenvalue weighted by Crippen LogP contribution is -2.43. The van der Waals surface area contributed by atoms with Crippen LogP contribution in [-0.4, -0.2) is 0 Å². The SMILES string of the molecule is CC12CC(c3ccccc3)=CC=C1C1(c3ccc(N(c4ccc5c(c4)C(C)(C)c4ccccc4-5)c4ccc(-c5ccccc5)c5ccccc45)cc32)C2CC3CC(C2)C1C3. The molecule has 0 saturated heterocycles. The molecule has 0 aromatic heterocycles. The summed E-state index contributed by atoms with van der Waals surface area (Å²) in [5.41, 5.74) is 19.5. The molecule has 4 bridgehead atoms. The zero-order valence-electron chi connectivity index (χ0n) is 35.0. The van der Waals surface area contributed by atoms with Gasteiger partial charge in [-0.2, -0.15) is 0 Å². The van der Waals surface area contributed by atoms with Crippen LogP contribution in [0.15, 0.2) is 175 Å². The normalized spacial score (nSPS) is 27.1. The standard InChI is InChI=1S/C59H51N/c1-57(2)50-21-13-12-19-47(50)48-25-23-43(34-53(48)57)60(55-28-26-45(39-16-8-5-9-17-39)46-18-10-11-20-49(46)55)44-24-27-51-54(35-44)58(3)36-40(38-14-6-4-7-15-38)22-29-56(58)59(51)42-31-37-30-41(33-42)52(59)32-37/h4-29,34-35,37,41-42,52H,30-33,36H2,1-3H3. The van der Waals surface area contributed by atoms with Crippen molar-refractivity contribution in [2.45, 2.75) is 69.1 Å². The van der Waals surface area contributed by atoms with Gasteiger partial charge < -0.3 is 4.90 Å². The molecule has 0 heterocycles. The van der Waals surface area contributed by atoms with E-state index in [2.05, 4.69) is 196 Å². The van der Waals surface area contributed by atoms with E-state index >= 15 is 0 Å². The van der Waals surface area contributed by atoms with Crippen LogP contribution in [0.3, 0.4) is 0 Å². The van der Waals surface area contributed by atoms with Crippen molar-refractivity contribution in [1.82, 2.24) is 0 Å². The van der Waals surface area contributed by atoms with Crippen molar-refractivity contribution < 1.29 is 0 Å². The Kier molecular flexibility index (Phi) is 7.17. The van der Waals surface area contributed by atoms with Crippen molar-refractivity contribution in [3.8, 4) is 22.3 Å². The van der Waals surface area contributed by atoms with Crippen LogP contribution < -0.4 is 4.90 Å². The Morgan fingerprint density at radius 2 is 1.17 bits per heavy atom. The Morgan fingerprint density at radius 1 is 0.500 bits per heavy atom. The van der Waals surface area contributed by atoms with Crippen LogP contribution in [0.5, 0.6) is 0 Å². The second kappa shape index (κ2) is 12.3. The Morgan fingerprint density at radius 3 is 1.97 bits per heavy atom. The second-order valence-corrected chi connectivity index (χ2v) is 19.9. The Bertz CT molecular complexity index is 2980. The number of nitrogens with zero attached hydrogens (tertiary/aromatic N) is 1. The molecule has 7 aromatic carbocycles. The second-order valence-electron chi connectivity index (χ2n) is 19.9. The number of benzene rings is 7. The van der Waals surface area contributed by atoms with E-state index in [0.29, 0.717) is 0 Å². The first-order valence-electron chi connectivity index (χ1n) is 22.6. The van der Waals surface area contributed by atoms with Gasteiger partial charge in [-0.25, -0.2) is 0 Å². The quantitative estimate of drug-likeness (QED) is 0.168. The molecule has 6 unspecified atom stereocenters. The molecule has 1 spiro atoms. The van der Waals surface area contributed by atoms with Crippen LogP contribution in [-0.2, 0) is 16.2 Å². The summed E-state index contributed by atoms with van der Waals surface area (Å²) >= 11 is 0. The van der Waals surface area contributed by atoms with Crippen molar-refractivity contribution in [3.63, 3.8) is 0 Å². The highest BCUT2D eigenvalue weighted by Gasteiger charge is 2.69. The number of rotatable bonds is 5. The molecule has 4 fully saturated rings. The fraction of sp³-hybridized carbons (Fsp3) is 0.254. The van der Waals surface area contributed by atoms with E-state index in [0.717, 1.165) is 30.1 Å². The van der Waals surface area contributed by atoms with Gasteiger partial charge in [-0.3, -0.25) is 0 Å². The molecular weight excluding hydrogens is 723 g/mol. The van der Waals surface area contributed by atoms with Crippen LogP contribution in [0.25, 0.3) is 38.6 Å². The minimum absolute atomic E-state index is 0.0830. The minimum Gasteiger partial charge on any atom is -0.310 e. The van der Waals surface area contributed by atoms with E-state index in [-0.39, 0.29) is 16.2 Å². The molecule has 0 aliphatic heterocycles. The van der Waals surface area contributed by atoms with Crippen LogP contribution >= 0.6 is 0 Å². The van der Waals surface area contributed by atoms with Gasteiger partial charge in [-0.15, -0.1) is 0 Å². The van der Waals surface area contributed by atoms with E-state index in [1.165, 1.54) is 98.0 Å². The van der Waals surface area contributed by atoms with Crippen molar-refractivity contribution in [2.75, 3.05) is 4.90 Å². The lowest BCUT2D eigenvalue weighted by molar-refractivity contribution is 0.180. The third-order valence-electron chi connectivity index (χ3n) is 16.8. The van der Waals surface area contributed by atoms with E-state index in [1.807, 2.05) is 0 Å². The van der Waals surface area contributed by atoms with Crippen molar-refractivity contribution in [3.05, 3.63) is 203 Å². The number of allylic oxidation sites excluding steroid dienone is 4. The number of hydrogen-bond donors (Lipinski definition) is 0. The van der Waals surface area contributed by atoms with Gasteiger partial charge in [0.1, 0.15) is 0 Å². The highest BCUT2D eigenvalue weighted by Crippen LogP contribution is 2.76. The first-order chi connectivity index (χ1) is 29.3. The summed E-state index contributed by atoms with van der Waals surface area (Å²) < 4.78 is 0. The maximum Gasteiger partial charge on any atom is 0.0540 e. The van der Waals surface area contributed by atoms with Crippen LogP contribution in [0.4, 0.5) is 17.1 Å². The average molecular weight is 774 g/mol. The fourth-order valence-corrected chi connectivity index (χ4v) is 14.5. The number of hydrogen-bond acceptors (Lipinski definition) is 1. The maximum absolute atomic E-state index is 2.66. The summed E-state index contributed by atoms with van der Waals surface area (Å²) in [7, 11) is 0. The molecular formula is C59H51N. The summed E-state index contributed by atoms with van der Waals surface area (Å²) in [4.78, 5) is 2.61. The summed E-state index contributed by atoms with van der Waals surface area (Å²) in [5.74, 6) is 3.30. The smallest absolute Gasteiger partial charge is 0.0540 e. The van der Waals surface area contributed by atoms with Crippen molar-refractivity contribution >= 4 is 33.4 Å². The Hall–Kier alpha value is -5.92. The highest BCUT2D eigenvalue weighted by atomic mass is 15.1. The molecule has 0 amide bonds. The van der Waals surface area contributed by atoms with Gasteiger partial charge in [0, 0.05) is 33.0 Å². The average Bonchev–Trinajstić information content (AvgIpc) is 3.88. The first-order valence-corrected chi connectivity index (χ1v) is 22.6. The predicted octanol–water partition coefficient (Wildman–Crippen LogP) is 15.3. The Balaban J connectivity index is 1.05. The summed E-state index contributed by atoms with van der Waals surface area (Å²) in [6.07, 6.45) is 11.8. The molecule has 292 valence electrons.